The molecule has 2 nitrogen and oxygen atoms in total. The molecule has 1 aromatic carbocycles. The average molecular weight is 357 g/mol. The molecule has 0 heterocycles. The molecule has 1 aliphatic rings. The van der Waals surface area contributed by atoms with Gasteiger partial charge in [0.1, 0.15) is 5.75 Å². The van der Waals surface area contributed by atoms with Crippen molar-refractivity contribution in [3.05, 3.63) is 29.3 Å². The Bertz CT molecular complexity index is 334. The Kier molecular flexibility index (Phi) is 3.26. The van der Waals surface area contributed by atoms with Gasteiger partial charge in [0.05, 0.1) is 0 Å². The first-order valence-electron chi connectivity index (χ1n) is 4.12. The maximum absolute atomic E-state index is 11.3. The number of aromatic hydroxyl groups is 1. The molecule has 2 rings (SSSR count). The first-order valence-corrected chi connectivity index (χ1v) is 4.12. The smallest absolute Gasteiger partial charge is 0.163 e. The van der Waals surface area contributed by atoms with Crippen molar-refractivity contribution in [3.63, 3.8) is 0 Å². The number of phenolic OH excluding ortho intramolecular Hbond substituents is 1. The Morgan fingerprint density at radius 3 is 2.77 bits per heavy atom. The monoisotopic (exact) mass is 357 g/mol. The summed E-state index contributed by atoms with van der Waals surface area (Å²) in [7, 11) is 0. The van der Waals surface area contributed by atoms with Crippen molar-refractivity contribution >= 4 is 5.78 Å². The number of aryl methyl sites for hydroxylation is 1. The van der Waals surface area contributed by atoms with Crippen LogP contribution in [0.5, 0.6) is 5.75 Å². The molecular formula is C10H10O2Pt. The summed E-state index contributed by atoms with van der Waals surface area (Å²) >= 11 is 0. The summed E-state index contributed by atoms with van der Waals surface area (Å²) in [6.07, 6.45) is 2.47. The third-order valence-electron chi connectivity index (χ3n) is 2.24. The molecule has 0 atom stereocenters. The van der Waals surface area contributed by atoms with Gasteiger partial charge in [-0.25, -0.2) is 0 Å². The molecule has 0 spiro atoms. The maximum Gasteiger partial charge on any atom is 0.163 e. The molecule has 1 aromatic rings. The van der Waals surface area contributed by atoms with E-state index in [1.54, 1.807) is 18.2 Å². The van der Waals surface area contributed by atoms with E-state index in [0.29, 0.717) is 6.42 Å². The number of Topliss-reactive ketones (excluding diaryl/α,β-unsaturated/α-hetero) is 1. The number of hydrogen-bond donors (Lipinski definition) is 1. The van der Waals surface area contributed by atoms with Crippen molar-refractivity contribution in [1.82, 2.24) is 0 Å². The van der Waals surface area contributed by atoms with Crippen molar-refractivity contribution in [2.24, 2.45) is 0 Å². The van der Waals surface area contributed by atoms with Gasteiger partial charge < -0.3 is 5.11 Å². The standard InChI is InChI=1S/C10H10O2.Pt/c11-8-4-5-9-7(6-8)2-1-3-10(9)12;/h4-6,11H,1-3H2;. The van der Waals surface area contributed by atoms with Gasteiger partial charge in [-0.05, 0) is 36.6 Å². The molecule has 0 fully saturated rings. The van der Waals surface area contributed by atoms with Crippen molar-refractivity contribution in [2.45, 2.75) is 19.3 Å². The number of carbonyl (C=O) groups excluding carboxylic acids is 1. The Morgan fingerprint density at radius 2 is 2.00 bits per heavy atom. The summed E-state index contributed by atoms with van der Waals surface area (Å²) < 4.78 is 0. The van der Waals surface area contributed by atoms with Crippen LogP contribution in [0, 0.1) is 0 Å². The van der Waals surface area contributed by atoms with Gasteiger partial charge in [0, 0.05) is 33.0 Å². The zero-order valence-corrected chi connectivity index (χ0v) is 9.30. The Balaban J connectivity index is 0.000000845. The second-order valence-electron chi connectivity index (χ2n) is 3.12. The SMILES string of the molecule is O=C1CCCc2cc(O)ccc21.[Pt]. The molecule has 0 aliphatic heterocycles. The van der Waals surface area contributed by atoms with Crippen LogP contribution in [0.1, 0.15) is 28.8 Å². The normalized spacial score (nSPS) is 14.6. The molecule has 0 amide bonds. The van der Waals surface area contributed by atoms with Crippen molar-refractivity contribution in [3.8, 4) is 5.75 Å². The first-order chi connectivity index (χ1) is 5.77. The molecule has 0 aromatic heterocycles. The minimum atomic E-state index is 0. The molecular weight excluding hydrogens is 347 g/mol. The fourth-order valence-electron chi connectivity index (χ4n) is 1.63. The van der Waals surface area contributed by atoms with Gasteiger partial charge >= 0.3 is 0 Å². The summed E-state index contributed by atoms with van der Waals surface area (Å²) in [5.74, 6) is 0.458. The minimum Gasteiger partial charge on any atom is -0.508 e. The number of rotatable bonds is 0. The van der Waals surface area contributed by atoms with Crippen molar-refractivity contribution in [1.29, 1.82) is 0 Å². The second-order valence-corrected chi connectivity index (χ2v) is 3.12. The van der Waals surface area contributed by atoms with Crippen LogP contribution in [0.3, 0.4) is 0 Å². The van der Waals surface area contributed by atoms with E-state index in [-0.39, 0.29) is 32.6 Å². The third-order valence-corrected chi connectivity index (χ3v) is 2.24. The predicted molar refractivity (Wildman–Crippen MR) is 45.4 cm³/mol. The Hall–Kier alpha value is -0.622. The molecule has 0 radical (unpaired) electrons. The van der Waals surface area contributed by atoms with Crippen LogP contribution < -0.4 is 0 Å². The van der Waals surface area contributed by atoms with E-state index in [2.05, 4.69) is 0 Å². The van der Waals surface area contributed by atoms with Crippen molar-refractivity contribution in [2.75, 3.05) is 0 Å². The van der Waals surface area contributed by atoms with Crippen LogP contribution in [0.15, 0.2) is 18.2 Å². The van der Waals surface area contributed by atoms with Crippen LogP contribution in [-0.2, 0) is 27.5 Å². The fraction of sp³-hybridized carbons (Fsp3) is 0.300. The van der Waals surface area contributed by atoms with Crippen LogP contribution in [0.2, 0.25) is 0 Å². The molecule has 72 valence electrons. The minimum absolute atomic E-state index is 0. The van der Waals surface area contributed by atoms with Crippen LogP contribution in [-0.4, -0.2) is 10.9 Å². The zero-order chi connectivity index (χ0) is 8.55. The van der Waals surface area contributed by atoms with Crippen LogP contribution in [0.25, 0.3) is 0 Å². The molecule has 0 saturated carbocycles. The number of phenols is 1. The number of benzene rings is 1. The maximum atomic E-state index is 11.3. The summed E-state index contributed by atoms with van der Waals surface area (Å²) in [5.41, 5.74) is 1.78. The van der Waals surface area contributed by atoms with Gasteiger partial charge in [-0.15, -0.1) is 0 Å². The fourth-order valence-corrected chi connectivity index (χ4v) is 1.63. The van der Waals surface area contributed by atoms with Crippen LogP contribution >= 0.6 is 0 Å². The van der Waals surface area contributed by atoms with E-state index >= 15 is 0 Å². The van der Waals surface area contributed by atoms with Gasteiger partial charge in [-0.1, -0.05) is 0 Å². The molecule has 1 N–H and O–H groups in total. The summed E-state index contributed by atoms with van der Waals surface area (Å²) in [6, 6.07) is 4.97. The van der Waals surface area contributed by atoms with E-state index in [9.17, 15) is 4.79 Å². The molecule has 1 aliphatic carbocycles. The Morgan fingerprint density at radius 1 is 1.23 bits per heavy atom. The Labute approximate surface area is 91.2 Å². The topological polar surface area (TPSA) is 37.3 Å². The summed E-state index contributed by atoms with van der Waals surface area (Å²) in [6.45, 7) is 0. The first kappa shape index (κ1) is 10.5. The number of ketones is 1. The van der Waals surface area contributed by atoms with E-state index in [1.165, 1.54) is 0 Å². The van der Waals surface area contributed by atoms with Gasteiger partial charge in [0.15, 0.2) is 5.78 Å². The largest absolute Gasteiger partial charge is 0.508 e. The molecule has 0 bridgehead atoms. The quantitative estimate of drug-likeness (QED) is 0.770. The molecule has 0 saturated heterocycles. The zero-order valence-electron chi connectivity index (χ0n) is 7.03. The van der Waals surface area contributed by atoms with E-state index < -0.39 is 0 Å². The summed E-state index contributed by atoms with van der Waals surface area (Å²) in [4.78, 5) is 11.3. The van der Waals surface area contributed by atoms with Gasteiger partial charge in [-0.3, -0.25) is 4.79 Å². The van der Waals surface area contributed by atoms with Gasteiger partial charge in [0.25, 0.3) is 0 Å². The van der Waals surface area contributed by atoms with E-state index in [0.717, 1.165) is 24.0 Å². The third kappa shape index (κ3) is 2.00. The number of carbonyl (C=O) groups is 1. The molecule has 3 heteroatoms. The molecule has 13 heavy (non-hydrogen) atoms. The van der Waals surface area contributed by atoms with Gasteiger partial charge in [0.2, 0.25) is 0 Å². The van der Waals surface area contributed by atoms with E-state index in [4.69, 9.17) is 5.11 Å². The van der Waals surface area contributed by atoms with Gasteiger partial charge in [-0.2, -0.15) is 0 Å². The van der Waals surface area contributed by atoms with Crippen molar-refractivity contribution < 1.29 is 31.0 Å². The number of fused-ring (bicyclic) bond motifs is 1. The molecule has 0 unspecified atom stereocenters. The average Bonchev–Trinajstić information content (AvgIpc) is 2.04. The predicted octanol–water partition coefficient (Wildman–Crippen LogP) is 1.91. The second kappa shape index (κ2) is 4.06. The number of hydrogen-bond acceptors (Lipinski definition) is 2. The van der Waals surface area contributed by atoms with E-state index in [1.807, 2.05) is 0 Å². The van der Waals surface area contributed by atoms with Crippen LogP contribution in [0.4, 0.5) is 0 Å². The summed E-state index contributed by atoms with van der Waals surface area (Å²) in [5, 5.41) is 9.16.